The first-order valence-corrected chi connectivity index (χ1v) is 12.7. The van der Waals surface area contributed by atoms with E-state index in [0.29, 0.717) is 0 Å². The number of hydrogen-bond donors (Lipinski definition) is 1. The summed E-state index contributed by atoms with van der Waals surface area (Å²) in [6.07, 6.45) is 0. The summed E-state index contributed by atoms with van der Waals surface area (Å²) in [4.78, 5) is 4.56. The molecule has 0 atom stereocenters. The molecular weight excluding hydrogens is 450 g/mol. The Balaban J connectivity index is 1.56. The maximum Gasteiger partial charge on any atom is 0.0463 e. The van der Waals surface area contributed by atoms with Crippen LogP contribution >= 0.6 is 0 Å². The van der Waals surface area contributed by atoms with Gasteiger partial charge in [0.15, 0.2) is 0 Å². The molecule has 0 aliphatic carbocycles. The number of rotatable bonds is 7. The monoisotopic (exact) mass is 483 g/mol. The predicted molar refractivity (Wildman–Crippen MR) is 158 cm³/mol. The Kier molecular flexibility index (Phi) is 6.80. The molecule has 5 aromatic carbocycles. The first-order valence-electron chi connectivity index (χ1n) is 12.7. The smallest absolute Gasteiger partial charge is 0.0463 e. The molecule has 5 rings (SSSR count). The Morgan fingerprint density at radius 2 is 0.730 bits per heavy atom. The van der Waals surface area contributed by atoms with Crippen molar-refractivity contribution in [3.63, 3.8) is 0 Å². The van der Waals surface area contributed by atoms with Crippen molar-refractivity contribution in [2.45, 2.75) is 26.3 Å². The average molecular weight is 484 g/mol. The quantitative estimate of drug-likeness (QED) is 0.250. The van der Waals surface area contributed by atoms with Crippen LogP contribution in [0.25, 0.3) is 0 Å². The van der Waals surface area contributed by atoms with Crippen LogP contribution in [0.2, 0.25) is 0 Å². The summed E-state index contributed by atoms with van der Waals surface area (Å²) >= 11 is 0. The summed E-state index contributed by atoms with van der Waals surface area (Å²) in [6.45, 7) is 6.18. The molecule has 0 bridgehead atoms. The largest absolute Gasteiger partial charge is 0.322 e. The number of anilines is 6. The highest BCUT2D eigenvalue weighted by molar-refractivity contribution is 5.81. The molecule has 184 valence electrons. The summed E-state index contributed by atoms with van der Waals surface area (Å²) in [5.74, 6) is 0. The lowest BCUT2D eigenvalue weighted by atomic mass is 9.95. The van der Waals surface area contributed by atoms with E-state index in [4.69, 9.17) is 5.73 Å². The molecule has 2 N–H and O–H groups in total. The van der Waals surface area contributed by atoms with Gasteiger partial charge in [-0.05, 0) is 99.1 Å². The van der Waals surface area contributed by atoms with Gasteiger partial charge in [0.05, 0.1) is 0 Å². The van der Waals surface area contributed by atoms with Gasteiger partial charge in [0.2, 0.25) is 0 Å². The van der Waals surface area contributed by atoms with E-state index in [1.807, 2.05) is 26.0 Å². The van der Waals surface area contributed by atoms with Gasteiger partial charge in [-0.2, -0.15) is 0 Å². The summed E-state index contributed by atoms with van der Waals surface area (Å²) in [5, 5.41) is 0. The number of nitrogens with zero attached hydrogens (tertiary/aromatic N) is 2. The zero-order valence-corrected chi connectivity index (χ0v) is 21.7. The lowest BCUT2D eigenvalue weighted by Crippen LogP contribution is -2.28. The van der Waals surface area contributed by atoms with E-state index in [2.05, 4.69) is 138 Å². The fourth-order valence-electron chi connectivity index (χ4n) is 4.53. The van der Waals surface area contributed by atoms with Crippen molar-refractivity contribution in [2.75, 3.05) is 9.80 Å². The minimum absolute atomic E-state index is 0.382. The molecule has 3 nitrogen and oxygen atoms in total. The summed E-state index contributed by atoms with van der Waals surface area (Å²) in [6, 6.07) is 46.9. The number of para-hydroxylation sites is 2. The third-order valence-corrected chi connectivity index (χ3v) is 6.56. The van der Waals surface area contributed by atoms with Gasteiger partial charge in [0.25, 0.3) is 0 Å². The van der Waals surface area contributed by atoms with E-state index in [0.717, 1.165) is 39.7 Å². The normalized spacial score (nSPS) is 11.2. The number of hydrogen-bond acceptors (Lipinski definition) is 3. The molecule has 5 aromatic rings. The van der Waals surface area contributed by atoms with Crippen LogP contribution in [-0.4, -0.2) is 0 Å². The maximum absolute atomic E-state index is 6.34. The van der Waals surface area contributed by atoms with Gasteiger partial charge >= 0.3 is 0 Å². The van der Waals surface area contributed by atoms with Crippen LogP contribution in [0.15, 0.2) is 133 Å². The Hall–Kier alpha value is -4.34. The molecule has 37 heavy (non-hydrogen) atoms. The highest BCUT2D eigenvalue weighted by Crippen LogP contribution is 2.39. The van der Waals surface area contributed by atoms with Crippen LogP contribution in [0.3, 0.4) is 0 Å². The summed E-state index contributed by atoms with van der Waals surface area (Å²) in [7, 11) is 0. The Labute approximate surface area is 220 Å². The summed E-state index contributed by atoms with van der Waals surface area (Å²) < 4.78 is 0. The second-order valence-corrected chi connectivity index (χ2v) is 9.96. The minimum atomic E-state index is -0.382. The predicted octanol–water partition coefficient (Wildman–Crippen LogP) is 9.13. The molecule has 0 saturated heterocycles. The van der Waals surface area contributed by atoms with Crippen molar-refractivity contribution in [1.29, 1.82) is 0 Å². The first kappa shape index (κ1) is 24.4. The first-order chi connectivity index (χ1) is 17.9. The molecule has 0 amide bonds. The molecule has 0 unspecified atom stereocenters. The molecule has 0 fully saturated rings. The van der Waals surface area contributed by atoms with E-state index in [1.54, 1.807) is 0 Å². The molecule has 0 aliphatic rings. The molecule has 0 aliphatic heterocycles. The Morgan fingerprint density at radius 3 is 1.08 bits per heavy atom. The Bertz CT molecular complexity index is 1380. The van der Waals surface area contributed by atoms with Gasteiger partial charge < -0.3 is 15.5 Å². The van der Waals surface area contributed by atoms with Crippen molar-refractivity contribution in [3.8, 4) is 0 Å². The molecular formula is C34H33N3. The molecule has 0 radical (unpaired) electrons. The van der Waals surface area contributed by atoms with Crippen LogP contribution in [0.1, 0.15) is 25.0 Å². The molecule has 0 spiro atoms. The molecule has 0 aromatic heterocycles. The number of aryl methyl sites for hydroxylation is 1. The van der Waals surface area contributed by atoms with Crippen molar-refractivity contribution in [3.05, 3.63) is 145 Å². The van der Waals surface area contributed by atoms with Crippen molar-refractivity contribution >= 4 is 34.1 Å². The average Bonchev–Trinajstić information content (AvgIpc) is 2.92. The van der Waals surface area contributed by atoms with Crippen molar-refractivity contribution in [1.82, 2.24) is 0 Å². The van der Waals surface area contributed by atoms with Crippen LogP contribution in [0.4, 0.5) is 34.1 Å². The topological polar surface area (TPSA) is 32.5 Å². The van der Waals surface area contributed by atoms with Crippen LogP contribution in [0, 0.1) is 6.92 Å². The molecule has 3 heteroatoms. The standard InChI is InChI=1S/C34H33N3/c1-26-14-18-30(19-15-26)37(31-20-16-27(17-21-31)34(2,3)35)33-24-22-32(23-25-33)36(28-10-6-4-7-11-28)29-12-8-5-9-13-29/h4-25H,35H2,1-3H3. The van der Waals surface area contributed by atoms with Crippen molar-refractivity contribution in [2.24, 2.45) is 5.73 Å². The van der Waals surface area contributed by atoms with Gasteiger partial charge in [-0.15, -0.1) is 0 Å². The van der Waals surface area contributed by atoms with Crippen LogP contribution in [-0.2, 0) is 5.54 Å². The van der Waals surface area contributed by atoms with E-state index < -0.39 is 0 Å². The third-order valence-electron chi connectivity index (χ3n) is 6.56. The SMILES string of the molecule is Cc1ccc(N(c2ccc(N(c3ccccc3)c3ccccc3)cc2)c2ccc(C(C)(C)N)cc2)cc1. The van der Waals surface area contributed by atoms with Gasteiger partial charge in [-0.25, -0.2) is 0 Å². The minimum Gasteiger partial charge on any atom is -0.322 e. The Morgan fingerprint density at radius 1 is 0.432 bits per heavy atom. The van der Waals surface area contributed by atoms with Gasteiger partial charge in [0.1, 0.15) is 0 Å². The van der Waals surface area contributed by atoms with Gasteiger partial charge in [-0.1, -0.05) is 66.2 Å². The van der Waals surface area contributed by atoms with Crippen LogP contribution < -0.4 is 15.5 Å². The van der Waals surface area contributed by atoms with E-state index in [-0.39, 0.29) is 5.54 Å². The lowest BCUT2D eigenvalue weighted by Gasteiger charge is -2.29. The van der Waals surface area contributed by atoms with Crippen LogP contribution in [0.5, 0.6) is 0 Å². The van der Waals surface area contributed by atoms with Gasteiger partial charge in [0, 0.05) is 39.7 Å². The zero-order valence-electron chi connectivity index (χ0n) is 21.7. The zero-order chi connectivity index (χ0) is 25.8. The fourth-order valence-corrected chi connectivity index (χ4v) is 4.53. The molecule has 0 heterocycles. The van der Waals surface area contributed by atoms with Crippen molar-refractivity contribution < 1.29 is 0 Å². The van der Waals surface area contributed by atoms with E-state index in [9.17, 15) is 0 Å². The molecule has 0 saturated carbocycles. The second-order valence-electron chi connectivity index (χ2n) is 9.96. The fraction of sp³-hybridized carbons (Fsp3) is 0.118. The van der Waals surface area contributed by atoms with E-state index >= 15 is 0 Å². The maximum atomic E-state index is 6.34. The number of benzene rings is 5. The second kappa shape index (κ2) is 10.3. The lowest BCUT2D eigenvalue weighted by molar-refractivity contribution is 0.554. The van der Waals surface area contributed by atoms with Gasteiger partial charge in [-0.3, -0.25) is 0 Å². The number of nitrogens with two attached hydrogens (primary N) is 1. The highest BCUT2D eigenvalue weighted by atomic mass is 15.2. The van der Waals surface area contributed by atoms with E-state index in [1.165, 1.54) is 5.56 Å². The summed E-state index contributed by atoms with van der Waals surface area (Å²) in [5.41, 5.74) is 14.9. The highest BCUT2D eigenvalue weighted by Gasteiger charge is 2.18. The third kappa shape index (κ3) is 5.42.